The number of ketones is 1. The molecule has 0 aromatic heterocycles. The van der Waals surface area contributed by atoms with Crippen LogP contribution < -0.4 is 46.0 Å². The molecule has 3 heterocycles. The number of benzene rings is 6. The van der Waals surface area contributed by atoms with Gasteiger partial charge in [-0.05, 0) is 148 Å². The Labute approximate surface area is 607 Å². The van der Waals surface area contributed by atoms with Gasteiger partial charge in [-0.1, -0.05) is 42.9 Å². The largest absolute Gasteiger partial charge is 0.478 e. The third-order valence-electron chi connectivity index (χ3n) is 18.4. The van der Waals surface area contributed by atoms with E-state index in [9.17, 15) is 53.0 Å². The van der Waals surface area contributed by atoms with Crippen molar-refractivity contribution in [1.82, 2.24) is 24.8 Å². The Morgan fingerprint density at radius 2 is 1.12 bits per heavy atom. The molecule has 22 nitrogen and oxygen atoms in total. The van der Waals surface area contributed by atoms with Crippen LogP contribution in [0.25, 0.3) is 66.8 Å². The number of rotatable bonds is 21. The molecule has 1 fully saturated rings. The van der Waals surface area contributed by atoms with E-state index >= 15 is 0 Å². The number of hydroxylamine groups is 2. The number of alkyl halides is 1. The number of Topliss-reactive ketones (excluding diaryl/α,β-unsaturated/α-hetero) is 1. The number of nitrogens with two attached hydrogens (primary N) is 1. The number of amides is 4. The molecule has 550 valence electrons. The lowest BCUT2D eigenvalue weighted by molar-refractivity contribution is -0.172. The van der Waals surface area contributed by atoms with Gasteiger partial charge in [0.05, 0.1) is 43.5 Å². The van der Waals surface area contributed by atoms with Gasteiger partial charge in [0.15, 0.2) is 0 Å². The van der Waals surface area contributed by atoms with E-state index in [1.165, 1.54) is 37.1 Å². The lowest BCUT2D eigenvalue weighted by Gasteiger charge is -2.19. The van der Waals surface area contributed by atoms with E-state index in [1.807, 2.05) is 148 Å². The number of carboxylic acid groups (broad SMARTS) is 2. The normalized spacial score (nSPS) is 15.8. The zero-order valence-electron chi connectivity index (χ0n) is 61.7. The summed E-state index contributed by atoms with van der Waals surface area (Å²) in [6.07, 6.45) is 22.7. The minimum atomic E-state index is -1.26. The Morgan fingerprint density at radius 3 is 1.63 bits per heavy atom. The number of imide groups is 1. The number of carbonyl (C=O) groups is 8. The maximum Gasteiger partial charge on any atom is 0.363 e. The number of carboxylic acids is 2. The Kier molecular flexibility index (Phi) is 28.3. The quantitative estimate of drug-likeness (QED) is 0.0147. The van der Waals surface area contributed by atoms with E-state index in [4.69, 9.17) is 25.5 Å². The number of aromatic carboxylic acids is 2. The van der Waals surface area contributed by atoms with Crippen LogP contribution >= 0.6 is 0 Å². The fourth-order valence-corrected chi connectivity index (χ4v) is 12.7. The number of halogens is 1. The third-order valence-corrected chi connectivity index (χ3v) is 18.4. The number of anilines is 2. The number of carbonyl (C=O) groups excluding carboxylic acids is 6. The molecule has 0 bridgehead atoms. The van der Waals surface area contributed by atoms with Gasteiger partial charge < -0.3 is 54.8 Å². The van der Waals surface area contributed by atoms with E-state index in [-0.39, 0.29) is 65.4 Å². The fraction of sp³-hybridized carbons (Fsp3) is 0.383. The van der Waals surface area contributed by atoms with Crippen molar-refractivity contribution in [1.29, 1.82) is 0 Å². The SMILES string of the molecule is CN(C)c1ccc2c(-c3ccc(C(=O)NCCCC(=O)CCC4CC/C=C/CCC4)cc3C(=O)O)c3ccc(=[N+](C)C)cc-3oc2c1.CN(C)c1ccc2c(-c3ccc(C(=O)ON4C(=O)CCC4=O)cc3C(=O)O)c3ccc(=[N+](C)C)cc-3oc2c1.NCCNC(=O)COC1CC/C=C/CCC1.[2H]CF. The van der Waals surface area contributed by atoms with Gasteiger partial charge in [0.25, 0.3) is 17.7 Å². The van der Waals surface area contributed by atoms with Crippen LogP contribution in [0.5, 0.6) is 0 Å². The van der Waals surface area contributed by atoms with Crippen LogP contribution in [0.15, 0.2) is 142 Å². The summed E-state index contributed by atoms with van der Waals surface area (Å²) in [4.78, 5) is 107. The maximum atomic E-state index is 13.1. The van der Waals surface area contributed by atoms with Gasteiger partial charge in [-0.2, -0.15) is 0 Å². The average molecular weight is 1430 g/mol. The van der Waals surface area contributed by atoms with E-state index in [0.29, 0.717) is 100 Å². The van der Waals surface area contributed by atoms with Crippen LogP contribution in [0.2, 0.25) is 0 Å². The van der Waals surface area contributed by atoms with Gasteiger partial charge in [0, 0.05) is 148 Å². The summed E-state index contributed by atoms with van der Waals surface area (Å²) in [6.45, 7) is 1.50. The molecule has 2 atom stereocenters. The van der Waals surface area contributed by atoms with Crippen LogP contribution in [0, 0.1) is 5.92 Å². The molecule has 6 N–H and O–H groups in total. The highest BCUT2D eigenvalue weighted by molar-refractivity contribution is 6.11. The minimum Gasteiger partial charge on any atom is -0.478 e. The Hall–Kier alpha value is -10.7. The van der Waals surface area contributed by atoms with Gasteiger partial charge in [-0.15, -0.1) is 5.06 Å². The number of allylic oxidation sites excluding steroid dienone is 4. The van der Waals surface area contributed by atoms with Gasteiger partial charge in [0.2, 0.25) is 16.6 Å². The molecule has 4 amide bonds. The molecule has 23 heteroatoms. The van der Waals surface area contributed by atoms with Gasteiger partial charge >= 0.3 is 17.9 Å². The predicted molar refractivity (Wildman–Crippen MR) is 402 cm³/mol. The van der Waals surface area contributed by atoms with Gasteiger partial charge in [0.1, 0.15) is 63.3 Å². The van der Waals surface area contributed by atoms with E-state index < -0.39 is 36.9 Å². The van der Waals surface area contributed by atoms with Crippen LogP contribution in [0.1, 0.15) is 146 Å². The zero-order chi connectivity index (χ0) is 75.9. The molecule has 11 rings (SSSR count). The Balaban J connectivity index is 0.000000215. The highest BCUT2D eigenvalue weighted by atomic mass is 19.1. The lowest BCUT2D eigenvalue weighted by Crippen LogP contribution is -2.33. The summed E-state index contributed by atoms with van der Waals surface area (Å²) in [5.41, 5.74) is 12.1. The van der Waals surface area contributed by atoms with Gasteiger partial charge in [-0.25, -0.2) is 23.5 Å². The van der Waals surface area contributed by atoms with Crippen molar-refractivity contribution in [3.8, 4) is 44.9 Å². The standard InChI is InChI=1S/C39H45N3O5.C29H25N3O7.C12H22N2O2.CH3F/c1-41(2)28-16-20-32-35(24-28)47-36-25-29(42(3)4)17-21-33(36)37(32)31-19-15-27(23-34(31)39(45)46)38(44)40-22-10-13-30(43)18-14-26-11-8-6-5-7-9-12-26;1-30(2)17-6-9-20-23(14-17)38-24-15-18(31(3)4)7-10-21(24)27(20)19-8-5-16(13-22(19)28(35)36)29(37)39-32-25(33)11-12-26(32)34;13-8-9-14-12(15)10-16-11-6-4-2-1-3-5-7-11;1-2/h5-6,15-17,19-21,23-26H,7-14,18,22H2,1-4H3,(H-,40,44,45,46);5-10,13-15H,11-12H2,1-4H3;1-2,11H,3-10,13H2,(H,14,15);1H3/p+2/b6-5+;;2-1+;/i;;;1D. The second-order valence-corrected chi connectivity index (χ2v) is 26.7. The number of nitrogens with zero attached hydrogens (tertiary/aromatic N) is 5. The molecular weight excluding hydrogens is 1330 g/mol. The van der Waals surface area contributed by atoms with Crippen LogP contribution in [-0.4, -0.2) is 158 Å². The summed E-state index contributed by atoms with van der Waals surface area (Å²) in [5, 5.41) is 29.9. The number of nitrogens with one attached hydrogen (secondary N) is 2. The summed E-state index contributed by atoms with van der Waals surface area (Å²) >= 11 is 0. The molecule has 3 aliphatic heterocycles. The molecule has 0 radical (unpaired) electrons. The van der Waals surface area contributed by atoms with Crippen molar-refractivity contribution in [2.24, 2.45) is 11.7 Å². The molecule has 7 aliphatic rings. The number of hydrogen-bond acceptors (Lipinski definition) is 15. The molecule has 4 aromatic carbocycles. The van der Waals surface area contributed by atoms with Crippen molar-refractivity contribution < 1.29 is 72.7 Å². The van der Waals surface area contributed by atoms with Crippen molar-refractivity contribution in [2.45, 2.75) is 109 Å². The summed E-state index contributed by atoms with van der Waals surface area (Å²) in [5.74, 6) is -3.02. The molecule has 2 unspecified atom stereocenters. The highest BCUT2D eigenvalue weighted by Gasteiger charge is 2.34. The van der Waals surface area contributed by atoms with Crippen molar-refractivity contribution in [3.05, 3.63) is 166 Å². The molecular formula is C81H97FN8O14+2. The van der Waals surface area contributed by atoms with Crippen LogP contribution in [0.4, 0.5) is 15.8 Å². The summed E-state index contributed by atoms with van der Waals surface area (Å²) < 4.78 is 37.7. The van der Waals surface area contributed by atoms with E-state index in [1.54, 1.807) is 12.1 Å². The topological polar surface area (TPSA) is 288 Å². The van der Waals surface area contributed by atoms with Gasteiger partial charge in [-0.3, -0.25) is 28.4 Å². The first-order chi connectivity index (χ1) is 50.4. The number of ether oxygens (including phenoxy) is 1. The predicted octanol–water partition coefficient (Wildman–Crippen LogP) is 11.8. The highest BCUT2D eigenvalue weighted by Crippen LogP contribution is 2.44. The average Bonchev–Trinajstić information content (AvgIpc) is 1.10. The summed E-state index contributed by atoms with van der Waals surface area (Å²) in [7, 11) is 14.5. The first-order valence-electron chi connectivity index (χ1n) is 35.9. The Bertz CT molecular complexity index is 4590. The van der Waals surface area contributed by atoms with Crippen molar-refractivity contribution in [3.63, 3.8) is 0 Å². The lowest BCUT2D eigenvalue weighted by atomic mass is 9.89. The minimum absolute atomic E-state index is 0.0275. The molecule has 4 aromatic rings. The zero-order valence-corrected chi connectivity index (χ0v) is 60.7. The molecule has 4 aliphatic carbocycles. The first kappa shape index (κ1) is 77.5. The second-order valence-electron chi connectivity index (χ2n) is 26.7. The fourth-order valence-electron chi connectivity index (χ4n) is 12.7. The number of hydrogen-bond donors (Lipinski definition) is 5. The first-order valence-corrected chi connectivity index (χ1v) is 35.1. The van der Waals surface area contributed by atoms with E-state index in [0.717, 1.165) is 96.4 Å². The maximum absolute atomic E-state index is 13.1. The third kappa shape index (κ3) is 20.8. The molecule has 0 spiro atoms. The Morgan fingerprint density at radius 1 is 0.615 bits per heavy atom. The second kappa shape index (κ2) is 38.0. The molecule has 1 saturated heterocycles. The molecule has 104 heavy (non-hydrogen) atoms. The summed E-state index contributed by atoms with van der Waals surface area (Å²) in [6, 6.07) is 32.0. The number of fused-ring (bicyclic) bond motifs is 4. The smallest absolute Gasteiger partial charge is 0.363 e. The van der Waals surface area contributed by atoms with Crippen LogP contribution in [-0.2, 0) is 28.8 Å². The monoisotopic (exact) mass is 1430 g/mol. The van der Waals surface area contributed by atoms with Crippen molar-refractivity contribution in [2.75, 3.05) is 99.6 Å². The van der Waals surface area contributed by atoms with Crippen LogP contribution in [0.3, 0.4) is 0 Å². The molecule has 0 saturated carbocycles. The van der Waals surface area contributed by atoms with Crippen molar-refractivity contribution >= 4 is 80.6 Å². The van der Waals surface area contributed by atoms with E-state index in [2.05, 4.69) is 34.9 Å².